The van der Waals surface area contributed by atoms with Gasteiger partial charge in [-0.1, -0.05) is 6.08 Å². The summed E-state index contributed by atoms with van der Waals surface area (Å²) in [6.07, 6.45) is 6.18. The molecular formula is C10H16O2. The van der Waals surface area contributed by atoms with Crippen molar-refractivity contribution in [3.63, 3.8) is 0 Å². The highest BCUT2D eigenvalue weighted by atomic mass is 16.5. The van der Waals surface area contributed by atoms with E-state index < -0.39 is 5.60 Å². The van der Waals surface area contributed by atoms with Gasteiger partial charge in [0.25, 0.3) is 0 Å². The van der Waals surface area contributed by atoms with E-state index in [9.17, 15) is 5.11 Å². The Morgan fingerprint density at radius 1 is 1.83 bits per heavy atom. The molecule has 1 atom stereocenters. The van der Waals surface area contributed by atoms with Crippen LogP contribution in [-0.4, -0.2) is 17.3 Å². The third kappa shape index (κ3) is 2.11. The Hall–Kier alpha value is -0.760. The predicted octanol–water partition coefficient (Wildman–Crippen LogP) is 2.01. The van der Waals surface area contributed by atoms with Gasteiger partial charge in [0.15, 0.2) is 0 Å². The highest BCUT2D eigenvalue weighted by molar-refractivity contribution is 5.11. The summed E-state index contributed by atoms with van der Waals surface area (Å²) in [6, 6.07) is 0. The van der Waals surface area contributed by atoms with Gasteiger partial charge < -0.3 is 9.84 Å². The minimum absolute atomic E-state index is 0.683. The van der Waals surface area contributed by atoms with Crippen molar-refractivity contribution < 1.29 is 9.84 Å². The Morgan fingerprint density at radius 3 is 3.08 bits per heavy atom. The van der Waals surface area contributed by atoms with E-state index in [1.165, 1.54) is 0 Å². The third-order valence-corrected chi connectivity index (χ3v) is 2.07. The summed E-state index contributed by atoms with van der Waals surface area (Å²) in [6.45, 7) is 6.11. The second-order valence-corrected chi connectivity index (χ2v) is 3.31. The summed E-state index contributed by atoms with van der Waals surface area (Å²) in [5, 5.41) is 9.90. The first-order valence-corrected chi connectivity index (χ1v) is 4.33. The number of hydrogen-bond donors (Lipinski definition) is 1. The fraction of sp³-hybridized carbons (Fsp3) is 0.600. The lowest BCUT2D eigenvalue weighted by Crippen LogP contribution is -2.26. The number of rotatable bonds is 4. The van der Waals surface area contributed by atoms with Crippen LogP contribution in [-0.2, 0) is 4.74 Å². The van der Waals surface area contributed by atoms with Crippen LogP contribution in [0.2, 0.25) is 0 Å². The van der Waals surface area contributed by atoms with E-state index in [1.54, 1.807) is 6.92 Å². The minimum atomic E-state index is -0.801. The minimum Gasteiger partial charge on any atom is -0.495 e. The maximum atomic E-state index is 9.90. The van der Waals surface area contributed by atoms with Crippen LogP contribution < -0.4 is 0 Å². The van der Waals surface area contributed by atoms with Crippen molar-refractivity contribution in [3.8, 4) is 0 Å². The van der Waals surface area contributed by atoms with Crippen LogP contribution in [0.5, 0.6) is 0 Å². The van der Waals surface area contributed by atoms with E-state index in [0.717, 1.165) is 18.6 Å². The normalized spacial score (nSPS) is 21.0. The van der Waals surface area contributed by atoms with Crippen molar-refractivity contribution in [2.45, 2.75) is 31.8 Å². The molecule has 0 saturated carbocycles. The van der Waals surface area contributed by atoms with Crippen molar-refractivity contribution in [2.24, 2.45) is 0 Å². The van der Waals surface area contributed by atoms with Crippen molar-refractivity contribution in [1.82, 2.24) is 0 Å². The first-order valence-electron chi connectivity index (χ1n) is 4.33. The van der Waals surface area contributed by atoms with Crippen LogP contribution >= 0.6 is 0 Å². The molecule has 0 saturated heterocycles. The SMILES string of the molecule is C=CCCC(C)(O)C1=CCCO1. The molecule has 2 heteroatoms. The average molecular weight is 168 g/mol. The lowest BCUT2D eigenvalue weighted by atomic mass is 9.97. The second kappa shape index (κ2) is 3.76. The van der Waals surface area contributed by atoms with E-state index in [4.69, 9.17) is 4.74 Å². The smallest absolute Gasteiger partial charge is 0.123 e. The molecule has 2 nitrogen and oxygen atoms in total. The molecule has 0 bridgehead atoms. The fourth-order valence-corrected chi connectivity index (χ4v) is 1.30. The number of hydrogen-bond acceptors (Lipinski definition) is 2. The Labute approximate surface area is 73.5 Å². The summed E-state index contributed by atoms with van der Waals surface area (Å²) in [4.78, 5) is 0. The van der Waals surface area contributed by atoms with Crippen LogP contribution in [0.4, 0.5) is 0 Å². The van der Waals surface area contributed by atoms with E-state index in [-0.39, 0.29) is 0 Å². The molecule has 1 unspecified atom stereocenters. The van der Waals surface area contributed by atoms with Crippen LogP contribution in [0, 0.1) is 0 Å². The molecule has 1 N–H and O–H groups in total. The zero-order valence-corrected chi connectivity index (χ0v) is 7.55. The van der Waals surface area contributed by atoms with Gasteiger partial charge >= 0.3 is 0 Å². The molecule has 0 amide bonds. The molecule has 0 fully saturated rings. The largest absolute Gasteiger partial charge is 0.495 e. The maximum Gasteiger partial charge on any atom is 0.123 e. The van der Waals surface area contributed by atoms with Gasteiger partial charge in [-0.05, 0) is 25.8 Å². The topological polar surface area (TPSA) is 29.5 Å². The van der Waals surface area contributed by atoms with E-state index in [0.29, 0.717) is 13.0 Å². The lowest BCUT2D eigenvalue weighted by Gasteiger charge is -2.23. The molecular weight excluding hydrogens is 152 g/mol. The fourth-order valence-electron chi connectivity index (χ4n) is 1.30. The molecule has 0 spiro atoms. The molecule has 1 rings (SSSR count). The lowest BCUT2D eigenvalue weighted by molar-refractivity contribution is 0.0285. The molecule has 1 aliphatic rings. The van der Waals surface area contributed by atoms with Crippen molar-refractivity contribution in [3.05, 3.63) is 24.5 Å². The Kier molecular flexibility index (Phi) is 2.93. The first-order chi connectivity index (χ1) is 5.67. The van der Waals surface area contributed by atoms with Gasteiger partial charge in [-0.2, -0.15) is 0 Å². The number of ether oxygens (including phenoxy) is 1. The Morgan fingerprint density at radius 2 is 2.58 bits per heavy atom. The molecule has 12 heavy (non-hydrogen) atoms. The third-order valence-electron chi connectivity index (χ3n) is 2.07. The summed E-state index contributed by atoms with van der Waals surface area (Å²) in [7, 11) is 0. The molecule has 1 aliphatic heterocycles. The highest BCUT2D eigenvalue weighted by Crippen LogP contribution is 2.26. The molecule has 0 aromatic rings. The first kappa shape index (κ1) is 9.33. The van der Waals surface area contributed by atoms with Gasteiger partial charge in [0.05, 0.1) is 6.61 Å². The number of aliphatic hydroxyl groups is 1. The monoisotopic (exact) mass is 168 g/mol. The molecule has 0 aromatic carbocycles. The molecule has 0 aromatic heterocycles. The van der Waals surface area contributed by atoms with Crippen LogP contribution in [0.3, 0.4) is 0 Å². The Balaban J connectivity index is 2.50. The van der Waals surface area contributed by atoms with Gasteiger partial charge in [0.2, 0.25) is 0 Å². The maximum absolute atomic E-state index is 9.90. The van der Waals surface area contributed by atoms with Crippen LogP contribution in [0.1, 0.15) is 26.2 Å². The summed E-state index contributed by atoms with van der Waals surface area (Å²) >= 11 is 0. The molecule has 68 valence electrons. The van der Waals surface area contributed by atoms with Crippen LogP contribution in [0.15, 0.2) is 24.5 Å². The zero-order chi connectivity index (χ0) is 9.03. The van der Waals surface area contributed by atoms with Crippen molar-refractivity contribution in [1.29, 1.82) is 0 Å². The summed E-state index contributed by atoms with van der Waals surface area (Å²) < 4.78 is 5.29. The number of allylic oxidation sites excluding steroid dienone is 1. The van der Waals surface area contributed by atoms with E-state index >= 15 is 0 Å². The quantitative estimate of drug-likeness (QED) is 0.651. The average Bonchev–Trinajstić information content (AvgIpc) is 2.53. The zero-order valence-electron chi connectivity index (χ0n) is 7.55. The van der Waals surface area contributed by atoms with E-state index in [1.807, 2.05) is 12.2 Å². The highest BCUT2D eigenvalue weighted by Gasteiger charge is 2.28. The van der Waals surface area contributed by atoms with Crippen LogP contribution in [0.25, 0.3) is 0 Å². The summed E-state index contributed by atoms with van der Waals surface area (Å²) in [5.74, 6) is 0.726. The molecule has 0 radical (unpaired) electrons. The van der Waals surface area contributed by atoms with Gasteiger partial charge in [0, 0.05) is 6.42 Å². The van der Waals surface area contributed by atoms with Crippen molar-refractivity contribution in [2.75, 3.05) is 6.61 Å². The second-order valence-electron chi connectivity index (χ2n) is 3.31. The molecule has 0 aliphatic carbocycles. The van der Waals surface area contributed by atoms with Gasteiger partial charge in [-0.15, -0.1) is 6.58 Å². The Bertz CT molecular complexity index is 192. The standard InChI is InChI=1S/C10H16O2/c1-3-4-7-10(2,11)9-6-5-8-12-9/h3,6,11H,1,4-5,7-8H2,2H3. The van der Waals surface area contributed by atoms with Gasteiger partial charge in [-0.25, -0.2) is 0 Å². The summed E-state index contributed by atoms with van der Waals surface area (Å²) in [5.41, 5.74) is -0.801. The van der Waals surface area contributed by atoms with Crippen molar-refractivity contribution >= 4 is 0 Å². The predicted molar refractivity (Wildman–Crippen MR) is 48.7 cm³/mol. The molecule has 1 heterocycles. The van der Waals surface area contributed by atoms with Gasteiger partial charge in [0.1, 0.15) is 11.4 Å². The van der Waals surface area contributed by atoms with E-state index in [2.05, 4.69) is 6.58 Å². The van der Waals surface area contributed by atoms with Gasteiger partial charge in [-0.3, -0.25) is 0 Å².